The number of hydrogen-bond acceptors (Lipinski definition) is 5. The number of nitrogens with one attached hydrogen (secondary N) is 2. The van der Waals surface area contributed by atoms with Crippen LogP contribution in [0.15, 0.2) is 42.7 Å². The number of hydrogen-bond donors (Lipinski definition) is 4. The average molecular weight is 422 g/mol. The van der Waals surface area contributed by atoms with Gasteiger partial charge in [-0.05, 0) is 54.5 Å². The summed E-state index contributed by atoms with van der Waals surface area (Å²) in [7, 11) is 0. The summed E-state index contributed by atoms with van der Waals surface area (Å²) >= 11 is 0. The number of aromatic nitrogens is 2. The molecule has 162 valence electrons. The van der Waals surface area contributed by atoms with Crippen LogP contribution < -0.4 is 5.32 Å². The molecule has 0 saturated carbocycles. The van der Waals surface area contributed by atoms with E-state index in [0.717, 1.165) is 29.4 Å². The first-order chi connectivity index (χ1) is 14.9. The summed E-state index contributed by atoms with van der Waals surface area (Å²) in [5.41, 5.74) is 2.91. The Kier molecular flexibility index (Phi) is 5.90. The molecule has 4 rings (SSSR count). The Balaban J connectivity index is 1.51. The van der Waals surface area contributed by atoms with Crippen LogP contribution in [0.25, 0.3) is 11.0 Å². The number of fused-ring (bicyclic) bond motifs is 1. The van der Waals surface area contributed by atoms with Crippen LogP contribution in [0.2, 0.25) is 0 Å². The minimum atomic E-state index is -1.26. The van der Waals surface area contributed by atoms with Gasteiger partial charge >= 0.3 is 0 Å². The molecule has 4 N–H and O–H groups in total. The molecule has 3 aromatic rings. The van der Waals surface area contributed by atoms with Crippen molar-refractivity contribution in [1.82, 2.24) is 14.9 Å². The van der Waals surface area contributed by atoms with Gasteiger partial charge in [0, 0.05) is 31.6 Å². The molecule has 1 unspecified atom stereocenters. The van der Waals surface area contributed by atoms with E-state index in [4.69, 9.17) is 0 Å². The van der Waals surface area contributed by atoms with E-state index in [9.17, 15) is 19.8 Å². The van der Waals surface area contributed by atoms with E-state index in [1.54, 1.807) is 23.2 Å². The molecule has 8 nitrogen and oxygen atoms in total. The molecule has 1 aliphatic heterocycles. The standard InChI is InChI=1S/C23H26N4O4/c1-14(28)26-20-12-25-22-18(8-9-24-22)19(20)11-15-3-2-10-27(13-15)23(31)21(30)16-4-6-17(29)7-5-16/h4-9,12,15,21,29-30H,2-3,10-11,13H2,1H3,(H,24,25)(H,26,28)/t15-,21?/m0/s1. The van der Waals surface area contributed by atoms with Crippen molar-refractivity contribution in [2.45, 2.75) is 32.3 Å². The Morgan fingerprint density at radius 2 is 2.06 bits per heavy atom. The topological polar surface area (TPSA) is 119 Å². The number of phenolic OH excluding ortho intramolecular Hbond substituents is 1. The van der Waals surface area contributed by atoms with Crippen LogP contribution in [0.1, 0.15) is 37.0 Å². The average Bonchev–Trinajstić information content (AvgIpc) is 3.24. The molecular weight excluding hydrogens is 396 g/mol. The van der Waals surface area contributed by atoms with Crippen molar-refractivity contribution in [3.8, 4) is 5.75 Å². The number of aromatic hydroxyl groups is 1. The Bertz CT molecular complexity index is 1090. The number of rotatable bonds is 5. The van der Waals surface area contributed by atoms with Crippen LogP contribution >= 0.6 is 0 Å². The zero-order valence-corrected chi connectivity index (χ0v) is 17.3. The number of phenols is 1. The Labute approximate surface area is 179 Å². The smallest absolute Gasteiger partial charge is 0.256 e. The lowest BCUT2D eigenvalue weighted by Crippen LogP contribution is -2.43. The predicted molar refractivity (Wildman–Crippen MR) is 116 cm³/mol. The first kappa shape index (κ1) is 20.9. The normalized spacial score (nSPS) is 17.5. The second-order valence-electron chi connectivity index (χ2n) is 8.06. The van der Waals surface area contributed by atoms with Gasteiger partial charge in [0.25, 0.3) is 5.91 Å². The van der Waals surface area contributed by atoms with Crippen molar-refractivity contribution in [3.63, 3.8) is 0 Å². The van der Waals surface area contributed by atoms with Crippen LogP contribution in [-0.4, -0.2) is 50.0 Å². The van der Waals surface area contributed by atoms with Gasteiger partial charge in [-0.3, -0.25) is 9.59 Å². The third-order valence-corrected chi connectivity index (χ3v) is 5.78. The van der Waals surface area contributed by atoms with Gasteiger partial charge < -0.3 is 25.4 Å². The van der Waals surface area contributed by atoms with Gasteiger partial charge in [0.2, 0.25) is 5.91 Å². The van der Waals surface area contributed by atoms with E-state index in [0.29, 0.717) is 30.8 Å². The number of carbonyl (C=O) groups is 2. The fourth-order valence-corrected chi connectivity index (χ4v) is 4.27. The van der Waals surface area contributed by atoms with Crippen LogP contribution in [0.3, 0.4) is 0 Å². The lowest BCUT2D eigenvalue weighted by atomic mass is 9.89. The van der Waals surface area contributed by atoms with E-state index in [2.05, 4.69) is 15.3 Å². The third kappa shape index (κ3) is 4.54. The molecule has 8 heteroatoms. The molecule has 0 aliphatic carbocycles. The van der Waals surface area contributed by atoms with Crippen molar-refractivity contribution in [1.29, 1.82) is 0 Å². The van der Waals surface area contributed by atoms with Gasteiger partial charge in [-0.25, -0.2) is 4.98 Å². The monoisotopic (exact) mass is 422 g/mol. The van der Waals surface area contributed by atoms with Crippen molar-refractivity contribution in [2.75, 3.05) is 18.4 Å². The molecular formula is C23H26N4O4. The molecule has 31 heavy (non-hydrogen) atoms. The van der Waals surface area contributed by atoms with Crippen LogP contribution in [0, 0.1) is 5.92 Å². The molecule has 2 atom stereocenters. The first-order valence-corrected chi connectivity index (χ1v) is 10.4. The Hall–Kier alpha value is -3.39. The molecule has 0 radical (unpaired) electrons. The number of amides is 2. The van der Waals surface area contributed by atoms with Crippen molar-refractivity contribution in [3.05, 3.63) is 53.9 Å². The zero-order chi connectivity index (χ0) is 22.0. The SMILES string of the molecule is CC(=O)Nc1cnc2[nH]ccc2c1C[C@@H]1CCCN(C(=O)C(O)c2ccc(O)cc2)C1. The van der Waals surface area contributed by atoms with E-state index in [-0.39, 0.29) is 23.5 Å². The molecule has 2 aromatic heterocycles. The van der Waals surface area contributed by atoms with Crippen molar-refractivity contribution < 1.29 is 19.8 Å². The lowest BCUT2D eigenvalue weighted by molar-refractivity contribution is -0.142. The summed E-state index contributed by atoms with van der Waals surface area (Å²) in [5, 5.41) is 23.8. The number of likely N-dealkylation sites (tertiary alicyclic amines) is 1. The number of piperidine rings is 1. The highest BCUT2D eigenvalue weighted by Gasteiger charge is 2.29. The highest BCUT2D eigenvalue weighted by atomic mass is 16.3. The maximum absolute atomic E-state index is 12.9. The van der Waals surface area contributed by atoms with Gasteiger partial charge in [0.05, 0.1) is 11.9 Å². The maximum Gasteiger partial charge on any atom is 0.256 e. The number of aliphatic hydroxyl groups is 1. The quantitative estimate of drug-likeness (QED) is 0.504. The van der Waals surface area contributed by atoms with Crippen molar-refractivity contribution >= 4 is 28.5 Å². The Morgan fingerprint density at radius 1 is 1.29 bits per heavy atom. The fraction of sp³-hybridized carbons (Fsp3) is 0.348. The van der Waals surface area contributed by atoms with Crippen LogP contribution in [0.4, 0.5) is 5.69 Å². The molecule has 0 bridgehead atoms. The Morgan fingerprint density at radius 3 is 2.81 bits per heavy atom. The molecule has 1 aromatic carbocycles. The first-order valence-electron chi connectivity index (χ1n) is 10.4. The summed E-state index contributed by atoms with van der Waals surface area (Å²) in [6.45, 7) is 2.59. The third-order valence-electron chi connectivity index (χ3n) is 5.78. The number of nitrogens with zero attached hydrogens (tertiary/aromatic N) is 2. The van der Waals surface area contributed by atoms with Gasteiger partial charge in [0.15, 0.2) is 6.10 Å². The maximum atomic E-state index is 12.9. The van der Waals surface area contributed by atoms with E-state index in [1.807, 2.05) is 12.3 Å². The highest BCUT2D eigenvalue weighted by Crippen LogP contribution is 2.31. The summed E-state index contributed by atoms with van der Waals surface area (Å²) in [4.78, 5) is 33.7. The van der Waals surface area contributed by atoms with Crippen LogP contribution in [-0.2, 0) is 16.0 Å². The second-order valence-corrected chi connectivity index (χ2v) is 8.06. The molecule has 0 spiro atoms. The van der Waals surface area contributed by atoms with Crippen molar-refractivity contribution in [2.24, 2.45) is 5.92 Å². The van der Waals surface area contributed by atoms with E-state index in [1.165, 1.54) is 19.1 Å². The van der Waals surface area contributed by atoms with Gasteiger partial charge in [-0.1, -0.05) is 12.1 Å². The van der Waals surface area contributed by atoms with Gasteiger partial charge in [0.1, 0.15) is 11.4 Å². The number of anilines is 1. The molecule has 1 saturated heterocycles. The number of pyridine rings is 1. The number of H-pyrrole nitrogens is 1. The zero-order valence-electron chi connectivity index (χ0n) is 17.3. The molecule has 1 aliphatic rings. The fourth-order valence-electron chi connectivity index (χ4n) is 4.27. The van der Waals surface area contributed by atoms with E-state index >= 15 is 0 Å². The number of benzene rings is 1. The minimum absolute atomic E-state index is 0.0878. The van der Waals surface area contributed by atoms with Gasteiger partial charge in [-0.15, -0.1) is 0 Å². The summed E-state index contributed by atoms with van der Waals surface area (Å²) in [5.74, 6) is -0.211. The molecule has 2 amide bonds. The number of aliphatic hydroxyl groups excluding tert-OH is 1. The van der Waals surface area contributed by atoms with Gasteiger partial charge in [-0.2, -0.15) is 0 Å². The predicted octanol–water partition coefficient (Wildman–Crippen LogP) is 2.74. The summed E-state index contributed by atoms with van der Waals surface area (Å²) in [6, 6.07) is 7.97. The number of aromatic amines is 1. The number of carbonyl (C=O) groups excluding carboxylic acids is 2. The van der Waals surface area contributed by atoms with E-state index < -0.39 is 6.10 Å². The minimum Gasteiger partial charge on any atom is -0.508 e. The second kappa shape index (κ2) is 8.77. The highest BCUT2D eigenvalue weighted by molar-refractivity contribution is 5.93. The summed E-state index contributed by atoms with van der Waals surface area (Å²) in [6.07, 6.45) is 4.71. The lowest BCUT2D eigenvalue weighted by Gasteiger charge is -2.34. The molecule has 3 heterocycles. The van der Waals surface area contributed by atoms with Crippen LogP contribution in [0.5, 0.6) is 5.75 Å². The molecule has 1 fully saturated rings. The largest absolute Gasteiger partial charge is 0.508 e. The summed E-state index contributed by atoms with van der Waals surface area (Å²) < 4.78 is 0.